The van der Waals surface area contributed by atoms with Crippen molar-refractivity contribution in [2.75, 3.05) is 18.4 Å². The van der Waals surface area contributed by atoms with E-state index in [2.05, 4.69) is 15.6 Å². The Balaban J connectivity index is 2.05. The minimum Gasteiger partial charge on any atom is -0.480 e. The number of carboxylic acids is 1. The topological polar surface area (TPSA) is 90.8 Å². The SMILES string of the molecule is O=C(O)CNc1ccc(C2=NCCC(=O)N2)cc1. The van der Waals surface area contributed by atoms with Gasteiger partial charge in [0.05, 0.1) is 6.54 Å². The minimum atomic E-state index is -0.914. The molecule has 6 nitrogen and oxygen atoms in total. The van der Waals surface area contributed by atoms with Gasteiger partial charge >= 0.3 is 5.97 Å². The molecule has 1 aliphatic heterocycles. The molecule has 0 saturated heterocycles. The number of rotatable bonds is 4. The number of hydrogen-bond donors (Lipinski definition) is 3. The maximum atomic E-state index is 11.2. The lowest BCUT2D eigenvalue weighted by Crippen LogP contribution is -2.35. The smallest absolute Gasteiger partial charge is 0.322 e. The molecule has 0 aliphatic carbocycles. The van der Waals surface area contributed by atoms with E-state index in [0.29, 0.717) is 24.5 Å². The van der Waals surface area contributed by atoms with Gasteiger partial charge in [0.2, 0.25) is 5.91 Å². The monoisotopic (exact) mass is 247 g/mol. The predicted molar refractivity (Wildman–Crippen MR) is 66.7 cm³/mol. The van der Waals surface area contributed by atoms with Crippen LogP contribution in [-0.2, 0) is 9.59 Å². The van der Waals surface area contributed by atoms with Crippen LogP contribution in [0.1, 0.15) is 12.0 Å². The zero-order chi connectivity index (χ0) is 13.0. The van der Waals surface area contributed by atoms with E-state index >= 15 is 0 Å². The van der Waals surface area contributed by atoms with Gasteiger partial charge in [-0.05, 0) is 24.3 Å². The van der Waals surface area contributed by atoms with Crippen LogP contribution in [0.5, 0.6) is 0 Å². The van der Waals surface area contributed by atoms with Crippen molar-refractivity contribution in [3.8, 4) is 0 Å². The van der Waals surface area contributed by atoms with Crippen LogP contribution >= 0.6 is 0 Å². The highest BCUT2D eigenvalue weighted by molar-refractivity contribution is 6.09. The molecule has 6 heteroatoms. The first kappa shape index (κ1) is 12.1. The largest absolute Gasteiger partial charge is 0.480 e. The first-order valence-corrected chi connectivity index (χ1v) is 5.55. The molecule has 0 fully saturated rings. The Kier molecular flexibility index (Phi) is 3.57. The number of carboxylic acid groups (broad SMARTS) is 1. The van der Waals surface area contributed by atoms with Gasteiger partial charge in [0, 0.05) is 17.7 Å². The van der Waals surface area contributed by atoms with E-state index < -0.39 is 5.97 Å². The van der Waals surface area contributed by atoms with Gasteiger partial charge in [-0.2, -0.15) is 0 Å². The number of amides is 1. The number of aliphatic imine (C=N–C) groups is 1. The number of nitrogens with zero attached hydrogens (tertiary/aromatic N) is 1. The van der Waals surface area contributed by atoms with Crippen LogP contribution in [-0.4, -0.2) is 35.9 Å². The first-order valence-electron chi connectivity index (χ1n) is 5.55. The van der Waals surface area contributed by atoms with Gasteiger partial charge in [-0.1, -0.05) is 0 Å². The third-order valence-electron chi connectivity index (χ3n) is 2.47. The fourth-order valence-corrected chi connectivity index (χ4v) is 1.59. The molecule has 1 heterocycles. The highest BCUT2D eigenvalue weighted by Gasteiger charge is 2.12. The predicted octanol–water partition coefficient (Wildman–Crippen LogP) is 0.450. The molecule has 3 N–H and O–H groups in total. The van der Waals surface area contributed by atoms with Crippen molar-refractivity contribution in [2.24, 2.45) is 4.99 Å². The lowest BCUT2D eigenvalue weighted by atomic mass is 10.1. The van der Waals surface area contributed by atoms with Crippen molar-refractivity contribution >= 4 is 23.4 Å². The molecule has 1 aromatic carbocycles. The second-order valence-electron chi connectivity index (χ2n) is 3.85. The molecule has 1 aliphatic rings. The van der Waals surface area contributed by atoms with Gasteiger partial charge < -0.3 is 15.7 Å². The molecule has 0 bridgehead atoms. The molecule has 1 amide bonds. The van der Waals surface area contributed by atoms with E-state index in [1.807, 2.05) is 0 Å². The Bertz CT molecular complexity index is 494. The molecule has 2 rings (SSSR count). The van der Waals surface area contributed by atoms with E-state index in [-0.39, 0.29) is 12.5 Å². The van der Waals surface area contributed by atoms with Crippen LogP contribution in [0.2, 0.25) is 0 Å². The molecular weight excluding hydrogens is 234 g/mol. The van der Waals surface area contributed by atoms with E-state index in [1.54, 1.807) is 24.3 Å². The summed E-state index contributed by atoms with van der Waals surface area (Å²) in [6.45, 7) is 0.372. The second kappa shape index (κ2) is 5.31. The summed E-state index contributed by atoms with van der Waals surface area (Å²) >= 11 is 0. The van der Waals surface area contributed by atoms with Crippen LogP contribution in [0.4, 0.5) is 5.69 Å². The molecule has 0 aromatic heterocycles. The van der Waals surface area contributed by atoms with Crippen LogP contribution in [0, 0.1) is 0 Å². The lowest BCUT2D eigenvalue weighted by Gasteiger charge is -2.13. The van der Waals surface area contributed by atoms with Gasteiger partial charge in [-0.3, -0.25) is 14.6 Å². The van der Waals surface area contributed by atoms with Crippen LogP contribution in [0.25, 0.3) is 0 Å². The van der Waals surface area contributed by atoms with Crippen molar-refractivity contribution in [1.82, 2.24) is 5.32 Å². The van der Waals surface area contributed by atoms with E-state index in [9.17, 15) is 9.59 Å². The fraction of sp³-hybridized carbons (Fsp3) is 0.250. The average Bonchev–Trinajstić information content (AvgIpc) is 2.37. The maximum Gasteiger partial charge on any atom is 0.322 e. The van der Waals surface area contributed by atoms with Gasteiger partial charge in [0.25, 0.3) is 0 Å². The zero-order valence-electron chi connectivity index (χ0n) is 9.64. The van der Waals surface area contributed by atoms with Gasteiger partial charge in [0.1, 0.15) is 12.4 Å². The van der Waals surface area contributed by atoms with Crippen LogP contribution < -0.4 is 10.6 Å². The molecule has 0 spiro atoms. The molecule has 0 unspecified atom stereocenters. The van der Waals surface area contributed by atoms with Crippen molar-refractivity contribution in [1.29, 1.82) is 0 Å². The lowest BCUT2D eigenvalue weighted by molar-refractivity contribution is -0.135. The third-order valence-corrected chi connectivity index (χ3v) is 2.47. The highest BCUT2D eigenvalue weighted by atomic mass is 16.4. The van der Waals surface area contributed by atoms with E-state index in [1.165, 1.54) is 0 Å². The Hall–Kier alpha value is -2.37. The quantitative estimate of drug-likeness (QED) is 0.720. The minimum absolute atomic E-state index is 0.0342. The first-order chi connectivity index (χ1) is 8.65. The molecule has 18 heavy (non-hydrogen) atoms. The second-order valence-corrected chi connectivity index (χ2v) is 3.85. The van der Waals surface area contributed by atoms with Crippen molar-refractivity contribution < 1.29 is 14.7 Å². The van der Waals surface area contributed by atoms with Gasteiger partial charge in [0.15, 0.2) is 0 Å². The normalized spacial score (nSPS) is 14.7. The average molecular weight is 247 g/mol. The number of aliphatic carboxylic acids is 1. The number of benzene rings is 1. The molecule has 0 saturated carbocycles. The molecule has 0 radical (unpaired) electrons. The molecule has 94 valence electrons. The number of carbonyl (C=O) groups excluding carboxylic acids is 1. The number of hydrogen-bond acceptors (Lipinski definition) is 4. The molecule has 0 atom stereocenters. The summed E-state index contributed by atoms with van der Waals surface area (Å²) in [5, 5.41) is 14.0. The zero-order valence-corrected chi connectivity index (χ0v) is 9.64. The number of amidine groups is 1. The summed E-state index contributed by atoms with van der Waals surface area (Å²) in [5.41, 5.74) is 1.52. The van der Waals surface area contributed by atoms with Crippen molar-refractivity contribution in [3.63, 3.8) is 0 Å². The van der Waals surface area contributed by atoms with Gasteiger partial charge in [-0.25, -0.2) is 0 Å². The van der Waals surface area contributed by atoms with Crippen LogP contribution in [0.15, 0.2) is 29.3 Å². The molecule has 1 aromatic rings. The fourth-order valence-electron chi connectivity index (χ4n) is 1.59. The summed E-state index contributed by atoms with van der Waals surface area (Å²) in [5.74, 6) is -0.382. The Morgan fingerprint density at radius 3 is 2.72 bits per heavy atom. The number of anilines is 1. The highest BCUT2D eigenvalue weighted by Crippen LogP contribution is 2.10. The van der Waals surface area contributed by atoms with Crippen molar-refractivity contribution in [2.45, 2.75) is 6.42 Å². The summed E-state index contributed by atoms with van der Waals surface area (Å²) in [7, 11) is 0. The van der Waals surface area contributed by atoms with Crippen molar-refractivity contribution in [3.05, 3.63) is 29.8 Å². The number of nitrogens with one attached hydrogen (secondary N) is 2. The number of carbonyl (C=O) groups is 2. The summed E-state index contributed by atoms with van der Waals surface area (Å²) in [6, 6.07) is 7.08. The molecular formula is C12H13N3O3. The summed E-state index contributed by atoms with van der Waals surface area (Å²) in [6.07, 6.45) is 0.418. The summed E-state index contributed by atoms with van der Waals surface area (Å²) in [4.78, 5) is 25.8. The summed E-state index contributed by atoms with van der Waals surface area (Å²) < 4.78 is 0. The Morgan fingerprint density at radius 2 is 2.11 bits per heavy atom. The maximum absolute atomic E-state index is 11.2. The Morgan fingerprint density at radius 1 is 1.39 bits per heavy atom. The van der Waals surface area contributed by atoms with E-state index in [0.717, 1.165) is 5.56 Å². The van der Waals surface area contributed by atoms with Crippen LogP contribution in [0.3, 0.4) is 0 Å². The Labute approximate surface area is 104 Å². The van der Waals surface area contributed by atoms with Gasteiger partial charge in [-0.15, -0.1) is 0 Å². The van der Waals surface area contributed by atoms with E-state index in [4.69, 9.17) is 5.11 Å². The standard InChI is InChI=1S/C12H13N3O3/c16-10-5-6-13-12(15-10)8-1-3-9(4-2-8)14-7-11(17)18/h1-4,14H,5-7H2,(H,17,18)(H,13,15,16). The third kappa shape index (κ3) is 3.07.